The summed E-state index contributed by atoms with van der Waals surface area (Å²) < 4.78 is 46.8. The van der Waals surface area contributed by atoms with E-state index in [1.165, 1.54) is 25.0 Å². The van der Waals surface area contributed by atoms with E-state index in [0.717, 1.165) is 50.7 Å². The van der Waals surface area contributed by atoms with Gasteiger partial charge in [0.25, 0.3) is 0 Å². The Labute approximate surface area is 217 Å². The number of likely N-dealkylation sites (tertiary alicyclic amines) is 2. The lowest BCUT2D eigenvalue weighted by Gasteiger charge is -2.59. The van der Waals surface area contributed by atoms with Crippen molar-refractivity contribution in [1.82, 2.24) is 24.6 Å². The van der Waals surface area contributed by atoms with Gasteiger partial charge in [-0.15, -0.1) is 0 Å². The normalized spacial score (nSPS) is 28.8. The van der Waals surface area contributed by atoms with Crippen LogP contribution in [0.2, 0.25) is 5.02 Å². The fourth-order valence-electron chi connectivity index (χ4n) is 6.96. The number of nitrogens with zero attached hydrogens (tertiary/aromatic N) is 5. The van der Waals surface area contributed by atoms with Gasteiger partial charge in [0.2, 0.25) is 0 Å². The summed E-state index contributed by atoms with van der Waals surface area (Å²) in [5.41, 5.74) is -0.617. The Morgan fingerprint density at radius 1 is 1.08 bits per heavy atom. The molecule has 0 radical (unpaired) electrons. The Kier molecular flexibility index (Phi) is 5.27. The van der Waals surface area contributed by atoms with Crippen LogP contribution in [-0.2, 0) is 6.18 Å². The van der Waals surface area contributed by atoms with Gasteiger partial charge in [0.15, 0.2) is 5.82 Å². The average molecular weight is 536 g/mol. The fourth-order valence-corrected chi connectivity index (χ4v) is 7.24. The summed E-state index contributed by atoms with van der Waals surface area (Å²) in [6, 6.07) is 4.08. The number of amides is 2. The number of alkyl halides is 3. The predicted molar refractivity (Wildman–Crippen MR) is 128 cm³/mol. The summed E-state index contributed by atoms with van der Waals surface area (Å²) in [5, 5.41) is 4.32. The van der Waals surface area contributed by atoms with E-state index in [4.69, 9.17) is 16.3 Å². The van der Waals surface area contributed by atoms with Crippen molar-refractivity contribution >= 4 is 17.6 Å². The predicted octanol–water partition coefficient (Wildman–Crippen LogP) is 5.37. The van der Waals surface area contributed by atoms with Crippen LogP contribution in [0.15, 0.2) is 24.5 Å². The van der Waals surface area contributed by atoms with E-state index in [1.807, 2.05) is 20.8 Å². The highest BCUT2D eigenvalue weighted by Gasteiger charge is 2.56. The van der Waals surface area contributed by atoms with Crippen LogP contribution < -0.4 is 4.74 Å². The number of ether oxygens (including phenoxy) is 1. The van der Waals surface area contributed by atoms with Crippen molar-refractivity contribution in [3.8, 4) is 5.75 Å². The Balaban J connectivity index is 0.876. The lowest BCUT2D eigenvalue weighted by Crippen LogP contribution is -2.65. The molecule has 3 saturated carbocycles. The van der Waals surface area contributed by atoms with Gasteiger partial charge in [0.05, 0.1) is 22.7 Å². The summed E-state index contributed by atoms with van der Waals surface area (Å²) in [7, 11) is 0. The van der Waals surface area contributed by atoms with Crippen molar-refractivity contribution < 1.29 is 22.7 Å². The summed E-state index contributed by atoms with van der Waals surface area (Å²) in [5.74, 6) is 2.62. The van der Waals surface area contributed by atoms with Crippen LogP contribution in [0.1, 0.15) is 61.9 Å². The van der Waals surface area contributed by atoms with E-state index < -0.39 is 11.7 Å². The average Bonchev–Trinajstić information content (AvgIpc) is 3.19. The van der Waals surface area contributed by atoms with Gasteiger partial charge in [-0.2, -0.15) is 18.3 Å². The molecule has 5 fully saturated rings. The number of urea groups is 1. The quantitative estimate of drug-likeness (QED) is 0.528. The lowest BCUT2D eigenvalue weighted by molar-refractivity contribution is -0.137. The van der Waals surface area contributed by atoms with Gasteiger partial charge in [-0.1, -0.05) is 11.6 Å². The van der Waals surface area contributed by atoms with Gasteiger partial charge in [0.1, 0.15) is 12.1 Å². The molecule has 1 aromatic heterocycles. The van der Waals surface area contributed by atoms with Crippen LogP contribution in [0.5, 0.6) is 5.75 Å². The second-order valence-electron chi connectivity index (χ2n) is 11.8. The van der Waals surface area contributed by atoms with Crippen LogP contribution in [-0.4, -0.2) is 62.9 Å². The maximum absolute atomic E-state index is 13.1. The Morgan fingerprint density at radius 2 is 1.78 bits per heavy atom. The first-order chi connectivity index (χ1) is 17.7. The van der Waals surface area contributed by atoms with Crippen LogP contribution in [0.3, 0.4) is 0 Å². The molecule has 11 heteroatoms. The molecule has 1 aromatic carbocycles. The molecule has 2 aromatic rings. The lowest BCUT2D eigenvalue weighted by atomic mass is 9.61. The number of rotatable bonds is 4. The van der Waals surface area contributed by atoms with E-state index in [9.17, 15) is 18.0 Å². The first-order valence-electron chi connectivity index (χ1n) is 13.1. The molecule has 0 N–H and O–H groups in total. The molecule has 2 saturated heterocycles. The molecular formula is C26H29ClF3N5O2. The number of fused-ring (bicyclic) bond motifs is 1. The van der Waals surface area contributed by atoms with Crippen molar-refractivity contribution in [3.05, 3.63) is 40.9 Å². The van der Waals surface area contributed by atoms with E-state index in [0.29, 0.717) is 42.6 Å². The van der Waals surface area contributed by atoms with Crippen LogP contribution >= 0.6 is 11.6 Å². The Bertz CT molecular complexity index is 1200. The third-order valence-electron chi connectivity index (χ3n) is 9.03. The largest absolute Gasteiger partial charge is 0.490 e. The highest BCUT2D eigenvalue weighted by molar-refractivity contribution is 6.31. The van der Waals surface area contributed by atoms with Crippen molar-refractivity contribution in [2.75, 3.05) is 26.2 Å². The molecule has 1 unspecified atom stereocenters. The van der Waals surface area contributed by atoms with Crippen molar-refractivity contribution in [1.29, 1.82) is 0 Å². The summed E-state index contributed by atoms with van der Waals surface area (Å²) in [4.78, 5) is 21.6. The molecule has 2 amide bonds. The van der Waals surface area contributed by atoms with E-state index in [1.54, 1.807) is 0 Å². The van der Waals surface area contributed by atoms with Gasteiger partial charge in [-0.05, 0) is 68.6 Å². The number of aromatic nitrogens is 3. The molecule has 3 aliphatic carbocycles. The molecule has 2 aliphatic heterocycles. The third-order valence-corrected chi connectivity index (χ3v) is 9.34. The molecule has 3 heterocycles. The van der Waals surface area contributed by atoms with Crippen LogP contribution in [0.4, 0.5) is 18.0 Å². The first kappa shape index (κ1) is 23.6. The van der Waals surface area contributed by atoms with Crippen molar-refractivity contribution in [2.24, 2.45) is 17.3 Å². The van der Waals surface area contributed by atoms with Gasteiger partial charge < -0.3 is 14.5 Å². The van der Waals surface area contributed by atoms with E-state index >= 15 is 0 Å². The van der Waals surface area contributed by atoms with Gasteiger partial charge in [-0.25, -0.2) is 14.5 Å². The second kappa shape index (κ2) is 8.25. The molecule has 5 aliphatic rings. The van der Waals surface area contributed by atoms with Crippen molar-refractivity contribution in [2.45, 2.75) is 62.8 Å². The number of benzene rings is 1. The number of carbonyl (C=O) groups is 1. The summed E-state index contributed by atoms with van der Waals surface area (Å²) >= 11 is 5.83. The zero-order valence-corrected chi connectivity index (χ0v) is 21.1. The molecule has 37 heavy (non-hydrogen) atoms. The SMILES string of the molecule is O=C(N1C[C@H]2CC(Oc3ccc(C(F)(F)F)c(Cl)c3)C[C@H]2C1)N1CC2(CC(n3cnc(C4CC4)n3)C2)C1. The monoisotopic (exact) mass is 535 g/mol. The maximum Gasteiger partial charge on any atom is 0.417 e. The zero-order valence-electron chi connectivity index (χ0n) is 20.3. The van der Waals surface area contributed by atoms with Gasteiger partial charge >= 0.3 is 12.2 Å². The number of carbonyl (C=O) groups excluding carboxylic acids is 1. The van der Waals surface area contributed by atoms with E-state index in [-0.39, 0.29) is 22.6 Å². The molecule has 3 atom stereocenters. The summed E-state index contributed by atoms with van der Waals surface area (Å²) in [6.45, 7) is 3.07. The van der Waals surface area contributed by atoms with Crippen LogP contribution in [0, 0.1) is 17.3 Å². The molecular weight excluding hydrogens is 507 g/mol. The minimum Gasteiger partial charge on any atom is -0.490 e. The minimum absolute atomic E-state index is 0.0727. The molecule has 7 nitrogen and oxygen atoms in total. The fraction of sp³-hybridized carbons (Fsp3) is 0.654. The van der Waals surface area contributed by atoms with Crippen LogP contribution in [0.25, 0.3) is 0 Å². The molecule has 0 bridgehead atoms. The Morgan fingerprint density at radius 3 is 2.41 bits per heavy atom. The highest BCUT2D eigenvalue weighted by Crippen LogP contribution is 2.54. The van der Waals surface area contributed by atoms with Crippen molar-refractivity contribution in [3.63, 3.8) is 0 Å². The molecule has 198 valence electrons. The molecule has 1 spiro atoms. The zero-order chi connectivity index (χ0) is 25.5. The molecule has 7 rings (SSSR count). The topological polar surface area (TPSA) is 63.5 Å². The minimum atomic E-state index is -4.48. The number of hydrogen-bond donors (Lipinski definition) is 0. The van der Waals surface area contributed by atoms with E-state index in [2.05, 4.69) is 10.1 Å². The first-order valence-corrected chi connectivity index (χ1v) is 13.5. The smallest absolute Gasteiger partial charge is 0.417 e. The Hall–Kier alpha value is -2.49. The highest BCUT2D eigenvalue weighted by atomic mass is 35.5. The maximum atomic E-state index is 13.1. The number of halogens is 4. The third kappa shape index (κ3) is 4.25. The van der Waals surface area contributed by atoms with Gasteiger partial charge in [0, 0.05) is 37.5 Å². The summed E-state index contributed by atoms with van der Waals surface area (Å²) in [6.07, 6.45) is 3.42. The second-order valence-corrected chi connectivity index (χ2v) is 12.2. The number of hydrogen-bond acceptors (Lipinski definition) is 4. The van der Waals surface area contributed by atoms with Gasteiger partial charge in [-0.3, -0.25) is 0 Å². The standard InChI is InChI=1S/C26H29ClF3N5O2/c27-22-7-19(3-4-21(22)26(28,29)30)37-20-5-16-10-33(11-17(16)6-20)24(36)34-12-25(13-34)8-18(9-25)35-14-31-23(32-35)15-1-2-15/h3-4,7,14-18,20H,1-2,5-6,8-13H2/t16-,17+,20?.